The molecule has 1 heterocycles. The number of methoxy groups -OCH3 is 1. The summed E-state index contributed by atoms with van der Waals surface area (Å²) in [5.74, 6) is 0.00152. The number of sulfonamides is 1. The molecule has 29 heavy (non-hydrogen) atoms. The van der Waals surface area contributed by atoms with E-state index in [0.717, 1.165) is 4.88 Å². The topological polar surface area (TPSA) is 84.5 Å². The van der Waals surface area contributed by atoms with Crippen LogP contribution in [0, 0.1) is 0 Å². The van der Waals surface area contributed by atoms with Crippen LogP contribution in [0.5, 0.6) is 5.75 Å². The molecule has 9 heteroatoms. The van der Waals surface area contributed by atoms with Gasteiger partial charge in [0.15, 0.2) is 0 Å². The monoisotopic (exact) mass is 450 g/mol. The van der Waals surface area contributed by atoms with Crippen LogP contribution in [0.15, 0.2) is 64.9 Å². The molecule has 3 aromatic rings. The minimum atomic E-state index is -4.03. The Morgan fingerprint density at radius 3 is 2.66 bits per heavy atom. The Hall–Kier alpha value is -2.55. The molecule has 0 spiro atoms. The van der Waals surface area contributed by atoms with Crippen LogP contribution in [0.4, 0.5) is 5.69 Å². The van der Waals surface area contributed by atoms with E-state index < -0.39 is 10.0 Å². The fraction of sp³-hybridized carbons (Fsp3) is 0.150. The molecule has 0 aliphatic rings. The first-order valence-corrected chi connectivity index (χ1v) is 11.4. The number of benzene rings is 2. The quantitative estimate of drug-likeness (QED) is 0.539. The van der Waals surface area contributed by atoms with Gasteiger partial charge < -0.3 is 10.1 Å². The summed E-state index contributed by atoms with van der Waals surface area (Å²) in [6, 6.07) is 14.7. The molecule has 0 aliphatic carbocycles. The van der Waals surface area contributed by atoms with E-state index in [1.54, 1.807) is 35.6 Å². The maximum atomic E-state index is 12.9. The van der Waals surface area contributed by atoms with Crippen molar-refractivity contribution in [1.82, 2.24) is 5.32 Å². The van der Waals surface area contributed by atoms with Crippen molar-refractivity contribution in [2.24, 2.45) is 0 Å². The highest BCUT2D eigenvalue weighted by Crippen LogP contribution is 2.29. The maximum Gasteiger partial charge on any atom is 0.263 e. The van der Waals surface area contributed by atoms with Crippen molar-refractivity contribution in [2.45, 2.75) is 11.3 Å². The molecule has 0 saturated heterocycles. The van der Waals surface area contributed by atoms with Crippen LogP contribution in [0.2, 0.25) is 5.02 Å². The number of hydrogen-bond donors (Lipinski definition) is 2. The highest BCUT2D eigenvalue weighted by Gasteiger charge is 2.21. The second-order valence-electron chi connectivity index (χ2n) is 6.04. The highest BCUT2D eigenvalue weighted by atomic mass is 35.5. The van der Waals surface area contributed by atoms with Crippen molar-refractivity contribution in [3.63, 3.8) is 0 Å². The molecule has 0 atom stereocenters. The van der Waals surface area contributed by atoms with Crippen LogP contribution in [-0.4, -0.2) is 28.0 Å². The van der Waals surface area contributed by atoms with Crippen molar-refractivity contribution in [2.75, 3.05) is 18.4 Å². The van der Waals surface area contributed by atoms with Gasteiger partial charge in [-0.3, -0.25) is 9.52 Å². The number of nitrogens with one attached hydrogen (secondary N) is 2. The lowest BCUT2D eigenvalue weighted by Crippen LogP contribution is -2.26. The molecule has 1 amide bonds. The molecule has 0 bridgehead atoms. The van der Waals surface area contributed by atoms with Crippen LogP contribution < -0.4 is 14.8 Å². The van der Waals surface area contributed by atoms with E-state index >= 15 is 0 Å². The standard InChI is InChI=1S/C20H19ClN2O4S2/c1-27-18-7-3-2-6-17(18)23-29(25,26)19-13-14(8-9-16(19)21)20(24)22-11-10-15-5-4-12-28-15/h2-9,12-13,23H,10-11H2,1H3,(H,22,24). The van der Waals surface area contributed by atoms with Gasteiger partial charge in [0.05, 0.1) is 17.8 Å². The van der Waals surface area contributed by atoms with E-state index in [0.29, 0.717) is 18.7 Å². The Kier molecular flexibility index (Phi) is 6.79. The molecule has 0 fully saturated rings. The van der Waals surface area contributed by atoms with E-state index in [4.69, 9.17) is 16.3 Å². The molecule has 6 nitrogen and oxygen atoms in total. The smallest absolute Gasteiger partial charge is 0.263 e. The zero-order valence-corrected chi connectivity index (χ0v) is 17.9. The summed E-state index contributed by atoms with van der Waals surface area (Å²) in [5.41, 5.74) is 0.484. The Morgan fingerprint density at radius 2 is 1.93 bits per heavy atom. The summed E-state index contributed by atoms with van der Waals surface area (Å²) >= 11 is 7.73. The third-order valence-corrected chi connectivity index (χ3v) is 6.85. The van der Waals surface area contributed by atoms with Crippen molar-refractivity contribution in [1.29, 1.82) is 0 Å². The third kappa shape index (κ3) is 5.29. The van der Waals surface area contributed by atoms with Crippen LogP contribution in [0.1, 0.15) is 15.2 Å². The SMILES string of the molecule is COc1ccccc1NS(=O)(=O)c1cc(C(=O)NCCc2cccs2)ccc1Cl. The van der Waals surface area contributed by atoms with Gasteiger partial charge in [0.1, 0.15) is 10.6 Å². The van der Waals surface area contributed by atoms with Gasteiger partial charge in [-0.05, 0) is 48.2 Å². The second-order valence-corrected chi connectivity index (χ2v) is 9.13. The van der Waals surface area contributed by atoms with Crippen LogP contribution in [-0.2, 0) is 16.4 Å². The van der Waals surface area contributed by atoms with Gasteiger partial charge >= 0.3 is 0 Å². The largest absolute Gasteiger partial charge is 0.495 e. The van der Waals surface area contributed by atoms with Crippen molar-refractivity contribution in [3.8, 4) is 5.75 Å². The summed E-state index contributed by atoms with van der Waals surface area (Å²) in [6.07, 6.45) is 0.706. The van der Waals surface area contributed by atoms with Gasteiger partial charge in [0.25, 0.3) is 15.9 Å². The fourth-order valence-electron chi connectivity index (χ4n) is 2.64. The lowest BCUT2D eigenvalue weighted by atomic mass is 10.2. The minimum Gasteiger partial charge on any atom is -0.495 e. The Labute approximate surface area is 178 Å². The molecule has 0 aliphatic heterocycles. The molecule has 3 rings (SSSR count). The summed E-state index contributed by atoms with van der Waals surface area (Å²) < 4.78 is 33.3. The second kappa shape index (κ2) is 9.30. The zero-order chi connectivity index (χ0) is 20.9. The lowest BCUT2D eigenvalue weighted by molar-refractivity contribution is 0.0954. The first kappa shape index (κ1) is 21.2. The molecular formula is C20H19ClN2O4S2. The molecule has 2 N–H and O–H groups in total. The number of carbonyl (C=O) groups is 1. The summed E-state index contributed by atoms with van der Waals surface area (Å²) in [6.45, 7) is 0.448. The van der Waals surface area contributed by atoms with E-state index in [9.17, 15) is 13.2 Å². The van der Waals surface area contributed by atoms with Crippen molar-refractivity contribution >= 4 is 44.6 Å². The summed E-state index contributed by atoms with van der Waals surface area (Å²) in [4.78, 5) is 13.4. The first-order valence-electron chi connectivity index (χ1n) is 8.66. The predicted octanol–water partition coefficient (Wildman–Crippen LogP) is 4.18. The molecule has 2 aromatic carbocycles. The van der Waals surface area contributed by atoms with Crippen LogP contribution in [0.25, 0.3) is 0 Å². The van der Waals surface area contributed by atoms with Crippen LogP contribution in [0.3, 0.4) is 0 Å². The molecule has 0 saturated carbocycles. The van der Waals surface area contributed by atoms with Gasteiger partial charge in [-0.1, -0.05) is 29.8 Å². The normalized spacial score (nSPS) is 11.1. The Morgan fingerprint density at radius 1 is 1.14 bits per heavy atom. The average Bonchev–Trinajstić information content (AvgIpc) is 3.21. The van der Waals surface area contributed by atoms with Gasteiger partial charge in [-0.2, -0.15) is 0 Å². The predicted molar refractivity (Wildman–Crippen MR) is 116 cm³/mol. The van der Waals surface area contributed by atoms with Gasteiger partial charge in [-0.25, -0.2) is 8.42 Å². The Bertz CT molecular complexity index is 1100. The van der Waals surface area contributed by atoms with Gasteiger partial charge in [0.2, 0.25) is 0 Å². The number of ether oxygens (including phenoxy) is 1. The number of anilines is 1. The molecule has 0 radical (unpaired) electrons. The minimum absolute atomic E-state index is 0.0162. The zero-order valence-electron chi connectivity index (χ0n) is 15.5. The molecule has 0 unspecified atom stereocenters. The highest BCUT2D eigenvalue weighted by molar-refractivity contribution is 7.92. The number of para-hydroxylation sites is 2. The van der Waals surface area contributed by atoms with Gasteiger partial charge in [0, 0.05) is 17.0 Å². The van der Waals surface area contributed by atoms with E-state index in [2.05, 4.69) is 10.0 Å². The number of hydrogen-bond acceptors (Lipinski definition) is 5. The summed E-state index contributed by atoms with van der Waals surface area (Å²) in [5, 5.41) is 4.78. The van der Waals surface area contributed by atoms with E-state index in [1.165, 1.54) is 25.3 Å². The van der Waals surface area contributed by atoms with Crippen LogP contribution >= 0.6 is 22.9 Å². The molecule has 152 valence electrons. The number of thiophene rings is 1. The van der Waals surface area contributed by atoms with E-state index in [-0.39, 0.29) is 27.1 Å². The first-order chi connectivity index (χ1) is 13.9. The number of carbonyl (C=O) groups excluding carboxylic acids is 1. The average molecular weight is 451 g/mol. The number of amides is 1. The van der Waals surface area contributed by atoms with Crippen molar-refractivity contribution < 1.29 is 17.9 Å². The molecule has 1 aromatic heterocycles. The van der Waals surface area contributed by atoms with Crippen molar-refractivity contribution in [3.05, 3.63) is 75.4 Å². The fourth-order valence-corrected chi connectivity index (χ4v) is 4.94. The number of halogens is 1. The maximum absolute atomic E-state index is 12.9. The number of rotatable bonds is 8. The lowest BCUT2D eigenvalue weighted by Gasteiger charge is -2.13. The van der Waals surface area contributed by atoms with E-state index in [1.807, 2.05) is 17.5 Å². The molecular weight excluding hydrogens is 432 g/mol. The third-order valence-electron chi connectivity index (χ3n) is 4.07. The Balaban J connectivity index is 1.77. The summed E-state index contributed by atoms with van der Waals surface area (Å²) in [7, 11) is -2.58. The van der Waals surface area contributed by atoms with Gasteiger partial charge in [-0.15, -0.1) is 11.3 Å².